The summed E-state index contributed by atoms with van der Waals surface area (Å²) in [5.41, 5.74) is 0.665. The molecule has 0 aliphatic heterocycles. The van der Waals surface area contributed by atoms with Gasteiger partial charge in [0.15, 0.2) is 5.78 Å². The maximum Gasteiger partial charge on any atom is 0.163 e. The van der Waals surface area contributed by atoms with E-state index in [1.165, 1.54) is 0 Å². The molecule has 0 bridgehead atoms. The van der Waals surface area contributed by atoms with Gasteiger partial charge in [0.2, 0.25) is 0 Å². The van der Waals surface area contributed by atoms with E-state index in [2.05, 4.69) is 6.58 Å². The number of rotatable bonds is 8. The molecule has 0 spiro atoms. The Balaban J connectivity index is 2.36. The highest BCUT2D eigenvalue weighted by molar-refractivity contribution is 5.96. The summed E-state index contributed by atoms with van der Waals surface area (Å²) in [6, 6.07) is 7.39. The van der Waals surface area contributed by atoms with Crippen LogP contribution in [-0.4, -0.2) is 12.4 Å². The Morgan fingerprint density at radius 3 is 2.76 bits per heavy atom. The number of benzene rings is 1. The van der Waals surface area contributed by atoms with Gasteiger partial charge in [-0.15, -0.1) is 6.58 Å². The number of Topliss-reactive ketones (excluding diaryl/α,β-unsaturated/α-hetero) is 1. The molecular weight excluding hydrogens is 212 g/mol. The topological polar surface area (TPSA) is 26.3 Å². The molecule has 0 aromatic heterocycles. The van der Waals surface area contributed by atoms with Gasteiger partial charge in [0, 0.05) is 0 Å². The first kappa shape index (κ1) is 13.5. The van der Waals surface area contributed by atoms with Crippen molar-refractivity contribution in [2.75, 3.05) is 6.61 Å². The summed E-state index contributed by atoms with van der Waals surface area (Å²) in [5.74, 6) is 0.746. The van der Waals surface area contributed by atoms with Crippen molar-refractivity contribution in [3.8, 4) is 5.75 Å². The van der Waals surface area contributed by atoms with Crippen LogP contribution in [0.1, 0.15) is 43.0 Å². The summed E-state index contributed by atoms with van der Waals surface area (Å²) >= 11 is 0. The van der Waals surface area contributed by atoms with Crippen LogP contribution in [0, 0.1) is 0 Å². The van der Waals surface area contributed by atoms with Crippen LogP contribution in [0.25, 0.3) is 0 Å². The molecule has 0 saturated carbocycles. The average molecular weight is 232 g/mol. The van der Waals surface area contributed by atoms with E-state index in [9.17, 15) is 4.79 Å². The number of hydrogen-bond donors (Lipinski definition) is 0. The lowest BCUT2D eigenvalue weighted by Gasteiger charge is -2.09. The first-order valence-electron chi connectivity index (χ1n) is 6.09. The van der Waals surface area contributed by atoms with Crippen molar-refractivity contribution in [2.24, 2.45) is 0 Å². The molecule has 0 N–H and O–H groups in total. The van der Waals surface area contributed by atoms with Gasteiger partial charge in [-0.1, -0.05) is 18.2 Å². The highest BCUT2D eigenvalue weighted by Gasteiger charge is 2.06. The number of allylic oxidation sites excluding steroid dienone is 1. The first-order valence-corrected chi connectivity index (χ1v) is 6.09. The molecule has 0 fully saturated rings. The fourth-order valence-corrected chi connectivity index (χ4v) is 1.63. The minimum absolute atomic E-state index is 0.0484. The quantitative estimate of drug-likeness (QED) is 0.384. The second-order valence-electron chi connectivity index (χ2n) is 4.04. The lowest BCUT2D eigenvalue weighted by atomic mass is 10.1. The Bertz CT molecular complexity index is 369. The summed E-state index contributed by atoms with van der Waals surface area (Å²) in [6.45, 7) is 5.92. The molecule has 0 saturated heterocycles. The summed E-state index contributed by atoms with van der Waals surface area (Å²) in [5, 5.41) is 0. The summed E-state index contributed by atoms with van der Waals surface area (Å²) in [4.78, 5) is 11.3. The molecule has 0 amide bonds. The van der Waals surface area contributed by atoms with Crippen LogP contribution >= 0.6 is 0 Å². The zero-order valence-electron chi connectivity index (χ0n) is 10.4. The van der Waals surface area contributed by atoms with E-state index in [1.54, 1.807) is 13.0 Å². The lowest BCUT2D eigenvalue weighted by Crippen LogP contribution is -2.02. The summed E-state index contributed by atoms with van der Waals surface area (Å²) in [6.07, 6.45) is 6.30. The van der Waals surface area contributed by atoms with Gasteiger partial charge in [-0.05, 0) is 44.7 Å². The molecule has 0 heterocycles. The van der Waals surface area contributed by atoms with Crippen LogP contribution in [0.15, 0.2) is 36.9 Å². The van der Waals surface area contributed by atoms with Crippen LogP contribution in [0.4, 0.5) is 0 Å². The molecule has 0 atom stereocenters. The fraction of sp³-hybridized carbons (Fsp3) is 0.400. The van der Waals surface area contributed by atoms with Crippen molar-refractivity contribution in [3.05, 3.63) is 42.5 Å². The smallest absolute Gasteiger partial charge is 0.163 e. The van der Waals surface area contributed by atoms with E-state index in [4.69, 9.17) is 4.74 Å². The van der Waals surface area contributed by atoms with Crippen LogP contribution in [0.2, 0.25) is 0 Å². The van der Waals surface area contributed by atoms with Crippen molar-refractivity contribution < 1.29 is 9.53 Å². The fourth-order valence-electron chi connectivity index (χ4n) is 1.63. The molecule has 1 aromatic rings. The molecule has 2 heteroatoms. The number of carbonyl (C=O) groups excluding carboxylic acids is 1. The third-order valence-corrected chi connectivity index (χ3v) is 2.58. The molecular formula is C15H20O2. The largest absolute Gasteiger partial charge is 0.493 e. The Morgan fingerprint density at radius 2 is 2.06 bits per heavy atom. The molecule has 17 heavy (non-hydrogen) atoms. The normalized spacial score (nSPS) is 9.94. The van der Waals surface area contributed by atoms with Crippen molar-refractivity contribution in [3.63, 3.8) is 0 Å². The summed E-state index contributed by atoms with van der Waals surface area (Å²) in [7, 11) is 0. The van der Waals surface area contributed by atoms with Gasteiger partial charge < -0.3 is 4.74 Å². The van der Waals surface area contributed by atoms with Gasteiger partial charge >= 0.3 is 0 Å². The molecule has 0 unspecified atom stereocenters. The number of carbonyl (C=O) groups is 1. The molecule has 1 rings (SSSR count). The van der Waals surface area contributed by atoms with E-state index < -0.39 is 0 Å². The minimum Gasteiger partial charge on any atom is -0.493 e. The van der Waals surface area contributed by atoms with Crippen LogP contribution < -0.4 is 4.74 Å². The minimum atomic E-state index is 0.0484. The second kappa shape index (κ2) is 7.66. The van der Waals surface area contributed by atoms with Gasteiger partial charge in [0.1, 0.15) is 5.75 Å². The Kier molecular flexibility index (Phi) is 6.08. The first-order chi connectivity index (χ1) is 8.25. The molecule has 92 valence electrons. The van der Waals surface area contributed by atoms with E-state index >= 15 is 0 Å². The van der Waals surface area contributed by atoms with Crippen molar-refractivity contribution in [2.45, 2.75) is 32.6 Å². The highest BCUT2D eigenvalue weighted by atomic mass is 16.5. The van der Waals surface area contributed by atoms with Crippen LogP contribution in [0.3, 0.4) is 0 Å². The Hall–Kier alpha value is -1.57. The molecule has 0 radical (unpaired) electrons. The van der Waals surface area contributed by atoms with Gasteiger partial charge in [0.25, 0.3) is 0 Å². The zero-order valence-corrected chi connectivity index (χ0v) is 10.4. The maximum atomic E-state index is 11.3. The van der Waals surface area contributed by atoms with Crippen LogP contribution in [0.5, 0.6) is 5.75 Å². The lowest BCUT2D eigenvalue weighted by molar-refractivity contribution is 0.101. The summed E-state index contributed by atoms with van der Waals surface area (Å²) < 4.78 is 5.63. The maximum absolute atomic E-state index is 11.3. The van der Waals surface area contributed by atoms with E-state index in [0.717, 1.165) is 25.7 Å². The monoisotopic (exact) mass is 232 g/mol. The number of unbranched alkanes of at least 4 members (excludes halogenated alkanes) is 3. The molecule has 2 nitrogen and oxygen atoms in total. The molecule has 0 aliphatic rings. The Labute approximate surface area is 103 Å². The zero-order chi connectivity index (χ0) is 12.5. The average Bonchev–Trinajstić information content (AvgIpc) is 2.34. The number of ether oxygens (including phenoxy) is 1. The standard InChI is InChI=1S/C15H20O2/c1-3-4-5-6-9-12-17-15-11-8-7-10-14(15)13(2)16/h3,7-8,10-11H,1,4-6,9,12H2,2H3. The van der Waals surface area contributed by atoms with E-state index in [0.29, 0.717) is 17.9 Å². The highest BCUT2D eigenvalue weighted by Crippen LogP contribution is 2.18. The van der Waals surface area contributed by atoms with Gasteiger partial charge in [-0.2, -0.15) is 0 Å². The van der Waals surface area contributed by atoms with E-state index in [1.807, 2.05) is 24.3 Å². The van der Waals surface area contributed by atoms with Crippen LogP contribution in [-0.2, 0) is 0 Å². The second-order valence-corrected chi connectivity index (χ2v) is 4.04. The molecule has 0 aliphatic carbocycles. The number of para-hydroxylation sites is 1. The number of hydrogen-bond acceptors (Lipinski definition) is 2. The SMILES string of the molecule is C=CCCCCCOc1ccccc1C(C)=O. The van der Waals surface area contributed by atoms with Crippen molar-refractivity contribution >= 4 is 5.78 Å². The predicted octanol–water partition coefficient (Wildman–Crippen LogP) is 4.01. The number of ketones is 1. The van der Waals surface area contributed by atoms with Crippen molar-refractivity contribution in [1.82, 2.24) is 0 Å². The van der Waals surface area contributed by atoms with Gasteiger partial charge in [0.05, 0.1) is 12.2 Å². The third kappa shape index (κ3) is 4.85. The third-order valence-electron chi connectivity index (χ3n) is 2.58. The van der Waals surface area contributed by atoms with Gasteiger partial charge in [-0.3, -0.25) is 4.79 Å². The van der Waals surface area contributed by atoms with Crippen molar-refractivity contribution in [1.29, 1.82) is 0 Å². The van der Waals surface area contributed by atoms with Gasteiger partial charge in [-0.25, -0.2) is 0 Å². The molecule has 1 aromatic carbocycles. The Morgan fingerprint density at radius 1 is 1.29 bits per heavy atom. The van der Waals surface area contributed by atoms with E-state index in [-0.39, 0.29) is 5.78 Å². The predicted molar refractivity (Wildman–Crippen MR) is 70.6 cm³/mol.